The number of hydrogen-bond acceptors (Lipinski definition) is 8. The molecule has 48 heavy (non-hydrogen) atoms. The lowest BCUT2D eigenvalue weighted by Crippen LogP contribution is -2.57. The first kappa shape index (κ1) is 31.6. The third-order valence-electron chi connectivity index (χ3n) is 11.0. The predicted octanol–water partition coefficient (Wildman–Crippen LogP) is 7.58. The molecule has 4 heterocycles. The van der Waals surface area contributed by atoms with E-state index in [2.05, 4.69) is 56.9 Å². The molecule has 5 aliphatic rings. The second kappa shape index (κ2) is 12.0. The zero-order valence-corrected chi connectivity index (χ0v) is 28.6. The Hall–Kier alpha value is -3.68. The number of rotatable bonds is 8. The van der Waals surface area contributed by atoms with Crippen molar-refractivity contribution in [2.45, 2.75) is 75.5 Å². The van der Waals surface area contributed by atoms with Gasteiger partial charge in [-0.15, -0.1) is 0 Å². The Morgan fingerprint density at radius 2 is 1.79 bits per heavy atom. The molecule has 1 aliphatic heterocycles. The lowest BCUT2D eigenvalue weighted by atomic mass is 9.59. The summed E-state index contributed by atoms with van der Waals surface area (Å²) in [5.41, 5.74) is 2.99. The molecule has 11 heteroatoms. The quantitative estimate of drug-likeness (QED) is 0.188. The molecule has 4 aliphatic carbocycles. The first-order chi connectivity index (χ1) is 23.1. The largest absolute Gasteiger partial charge is 0.477 e. The fraction of sp³-hybridized carbons (Fsp3) is 0.459. The minimum atomic E-state index is -1.02. The van der Waals surface area contributed by atoms with Crippen molar-refractivity contribution in [2.75, 3.05) is 32.1 Å². The van der Waals surface area contributed by atoms with Crippen molar-refractivity contribution in [3.63, 3.8) is 0 Å². The lowest BCUT2D eigenvalue weighted by Gasteiger charge is -2.51. The molecule has 248 valence electrons. The topological polar surface area (TPSA) is 105 Å². The second-order valence-corrected chi connectivity index (χ2v) is 15.0. The van der Waals surface area contributed by atoms with Crippen molar-refractivity contribution in [2.24, 2.45) is 5.41 Å². The molecule has 1 N–H and O–H groups in total. The van der Waals surface area contributed by atoms with E-state index >= 15 is 0 Å². The van der Waals surface area contributed by atoms with Gasteiger partial charge in [-0.25, -0.2) is 9.78 Å². The fourth-order valence-electron chi connectivity index (χ4n) is 7.56. The molecule has 4 aromatic rings. The van der Waals surface area contributed by atoms with Gasteiger partial charge in [-0.3, -0.25) is 4.98 Å². The van der Waals surface area contributed by atoms with E-state index in [1.54, 1.807) is 18.5 Å². The average molecular weight is 687 g/mol. The molecule has 0 spiro atoms. The summed E-state index contributed by atoms with van der Waals surface area (Å²) < 4.78 is 12.7. The highest BCUT2D eigenvalue weighted by Crippen LogP contribution is 2.54. The summed E-state index contributed by atoms with van der Waals surface area (Å²) >= 11 is 13.0. The van der Waals surface area contributed by atoms with Crippen LogP contribution in [0.1, 0.15) is 84.7 Å². The number of aromatic carboxylic acids is 1. The Morgan fingerprint density at radius 1 is 1.08 bits per heavy atom. The van der Waals surface area contributed by atoms with Crippen molar-refractivity contribution in [1.82, 2.24) is 20.0 Å². The fourth-order valence-corrected chi connectivity index (χ4v) is 8.10. The van der Waals surface area contributed by atoms with Crippen LogP contribution >= 0.6 is 23.2 Å². The van der Waals surface area contributed by atoms with E-state index in [9.17, 15) is 9.90 Å². The molecule has 1 saturated heterocycles. The number of carboxylic acids is 1. The van der Waals surface area contributed by atoms with E-state index in [0.717, 1.165) is 97.9 Å². The number of pyridine rings is 2. The maximum absolute atomic E-state index is 11.8. The Morgan fingerprint density at radius 3 is 2.44 bits per heavy atom. The summed E-state index contributed by atoms with van der Waals surface area (Å²) in [5, 5.41) is 16.8. The normalized spacial score (nSPS) is 23.7. The van der Waals surface area contributed by atoms with Crippen LogP contribution in [0.4, 0.5) is 5.82 Å². The standard InChI is InChI=1S/C37H37Cl2N5O4/c1-43(2)25-19-44(20-25)34-26-15-22(3-4-24(26)16-30(41-34)35(45)46)7-8-36-9-12-37(13-10-36,14-11-36)47-21-27-32(42-48-33(27)23-5-6-23)31-28(38)17-40-18-29(31)39/h3-4,15-18,23,25H,5-6,9-14,19-21H2,1-2H3,(H,45,46). The summed E-state index contributed by atoms with van der Waals surface area (Å²) in [7, 11) is 4.13. The van der Waals surface area contributed by atoms with Crippen LogP contribution in [-0.2, 0) is 11.3 Å². The molecule has 0 radical (unpaired) electrons. The number of anilines is 1. The van der Waals surface area contributed by atoms with Crippen molar-refractivity contribution in [3.8, 4) is 23.1 Å². The van der Waals surface area contributed by atoms with Crippen LogP contribution in [0.3, 0.4) is 0 Å². The molecule has 3 aromatic heterocycles. The van der Waals surface area contributed by atoms with Crippen LogP contribution < -0.4 is 4.90 Å². The third kappa shape index (κ3) is 5.73. The molecule has 0 amide bonds. The molecular weight excluding hydrogens is 649 g/mol. The van der Waals surface area contributed by atoms with Gasteiger partial charge in [-0.2, -0.15) is 0 Å². The summed E-state index contributed by atoms with van der Waals surface area (Å²) in [5.74, 6) is 8.15. The van der Waals surface area contributed by atoms with E-state index in [1.165, 1.54) is 0 Å². The van der Waals surface area contributed by atoms with Gasteiger partial charge < -0.3 is 24.2 Å². The van der Waals surface area contributed by atoms with Gasteiger partial charge in [0.2, 0.25) is 0 Å². The van der Waals surface area contributed by atoms with Crippen molar-refractivity contribution in [3.05, 3.63) is 69.3 Å². The molecule has 0 unspecified atom stereocenters. The number of ether oxygens (including phenoxy) is 1. The number of aromatic nitrogens is 3. The van der Waals surface area contributed by atoms with Gasteiger partial charge in [0.15, 0.2) is 5.69 Å². The van der Waals surface area contributed by atoms with E-state index in [-0.39, 0.29) is 16.7 Å². The first-order valence-corrected chi connectivity index (χ1v) is 17.4. The Balaban J connectivity index is 0.994. The van der Waals surface area contributed by atoms with Gasteiger partial charge in [0.05, 0.1) is 22.3 Å². The number of carbonyl (C=O) groups is 1. The second-order valence-electron chi connectivity index (χ2n) is 14.2. The summed E-state index contributed by atoms with van der Waals surface area (Å²) in [6.45, 7) is 2.03. The Bertz CT molecular complexity index is 1940. The minimum absolute atomic E-state index is 0.0374. The van der Waals surface area contributed by atoms with Crippen LogP contribution in [-0.4, -0.2) is 69.9 Å². The van der Waals surface area contributed by atoms with Crippen LogP contribution in [0.2, 0.25) is 10.0 Å². The average Bonchev–Trinajstić information content (AvgIpc) is 3.82. The molecule has 0 atom stereocenters. The van der Waals surface area contributed by atoms with Crippen molar-refractivity contribution in [1.29, 1.82) is 0 Å². The number of likely N-dealkylation sites (N-methyl/N-ethyl adjacent to an activating group) is 1. The third-order valence-corrected chi connectivity index (χ3v) is 11.5. The number of fused-ring (bicyclic) bond motifs is 4. The van der Waals surface area contributed by atoms with E-state index in [1.807, 2.05) is 12.1 Å². The van der Waals surface area contributed by atoms with Crippen molar-refractivity contribution >= 4 is 45.8 Å². The van der Waals surface area contributed by atoms with Gasteiger partial charge >= 0.3 is 5.97 Å². The number of halogens is 2. The number of benzene rings is 1. The van der Waals surface area contributed by atoms with Gasteiger partial charge in [-0.05, 0) is 89.0 Å². The SMILES string of the molecule is CN(C)C1CN(c2nc(C(=O)O)cc3ccc(C#CC45CCC(OCc6c(-c7c(Cl)cncc7Cl)noc6C6CC6)(CC4)CC5)cc23)C1. The highest BCUT2D eigenvalue weighted by molar-refractivity contribution is 6.38. The monoisotopic (exact) mass is 685 g/mol. The van der Waals surface area contributed by atoms with E-state index in [0.29, 0.717) is 39.9 Å². The summed E-state index contributed by atoms with van der Waals surface area (Å²) in [6.07, 6.45) is 11.1. The summed E-state index contributed by atoms with van der Waals surface area (Å²) in [6, 6.07) is 8.11. The van der Waals surface area contributed by atoms with Gasteiger partial charge in [0.1, 0.15) is 17.3 Å². The lowest BCUT2D eigenvalue weighted by molar-refractivity contribution is -0.131. The Labute approximate surface area is 289 Å². The molecule has 4 saturated carbocycles. The van der Waals surface area contributed by atoms with Crippen LogP contribution in [0, 0.1) is 17.3 Å². The van der Waals surface area contributed by atoms with E-state index in [4.69, 9.17) is 32.5 Å². The predicted molar refractivity (Wildman–Crippen MR) is 185 cm³/mol. The zero-order chi connectivity index (χ0) is 33.2. The van der Waals surface area contributed by atoms with Crippen LogP contribution in [0.15, 0.2) is 41.2 Å². The van der Waals surface area contributed by atoms with Crippen molar-refractivity contribution < 1.29 is 19.2 Å². The van der Waals surface area contributed by atoms with Gasteiger partial charge in [0.25, 0.3) is 0 Å². The molecule has 9 nitrogen and oxygen atoms in total. The number of carboxylic acid groups (broad SMARTS) is 1. The highest BCUT2D eigenvalue weighted by Gasteiger charge is 2.49. The first-order valence-electron chi connectivity index (χ1n) is 16.7. The molecule has 5 fully saturated rings. The Kier molecular flexibility index (Phi) is 7.91. The number of nitrogens with zero attached hydrogens (tertiary/aromatic N) is 5. The maximum atomic E-state index is 11.8. The van der Waals surface area contributed by atoms with Gasteiger partial charge in [0, 0.05) is 64.9 Å². The smallest absolute Gasteiger partial charge is 0.354 e. The van der Waals surface area contributed by atoms with E-state index < -0.39 is 5.97 Å². The van der Waals surface area contributed by atoms with Crippen LogP contribution in [0.5, 0.6) is 0 Å². The molecule has 2 bridgehead atoms. The molecule has 1 aromatic carbocycles. The zero-order valence-electron chi connectivity index (χ0n) is 27.1. The van der Waals surface area contributed by atoms with Crippen LogP contribution in [0.25, 0.3) is 22.0 Å². The maximum Gasteiger partial charge on any atom is 0.354 e. The minimum Gasteiger partial charge on any atom is -0.477 e. The van der Waals surface area contributed by atoms with Gasteiger partial charge in [-0.1, -0.05) is 46.3 Å². The highest BCUT2D eigenvalue weighted by atomic mass is 35.5. The molecule has 9 rings (SSSR count). The summed E-state index contributed by atoms with van der Waals surface area (Å²) in [4.78, 5) is 24.8. The molecular formula is C37H37Cl2N5O4. The number of hydrogen-bond donors (Lipinski definition) is 1.